The molecule has 1 atom stereocenters. The lowest BCUT2D eigenvalue weighted by atomic mass is 10.1. The number of nitrogens with one attached hydrogen (secondary N) is 2. The summed E-state index contributed by atoms with van der Waals surface area (Å²) in [6.07, 6.45) is 0.947. The van der Waals surface area contributed by atoms with E-state index in [4.69, 9.17) is 5.11 Å². The summed E-state index contributed by atoms with van der Waals surface area (Å²) in [5.74, 6) is -2.19. The predicted molar refractivity (Wildman–Crippen MR) is 59.2 cm³/mol. The van der Waals surface area contributed by atoms with Crippen LogP contribution in [-0.2, 0) is 14.4 Å². The van der Waals surface area contributed by atoms with Crippen LogP contribution in [0.4, 0.5) is 0 Å². The fourth-order valence-corrected chi connectivity index (χ4v) is 1.36. The lowest BCUT2D eigenvalue weighted by Crippen LogP contribution is -2.40. The molecule has 94 valence electrons. The van der Waals surface area contributed by atoms with Gasteiger partial charge in [-0.15, -0.1) is 0 Å². The number of amides is 2. The lowest BCUT2D eigenvalue weighted by Gasteiger charge is -2.14. The van der Waals surface area contributed by atoms with Crippen LogP contribution in [0, 0.1) is 5.92 Å². The van der Waals surface area contributed by atoms with Crippen molar-refractivity contribution >= 4 is 23.5 Å². The van der Waals surface area contributed by atoms with Crippen molar-refractivity contribution in [3.8, 4) is 0 Å². The quantitative estimate of drug-likeness (QED) is 0.601. The molecule has 0 fully saturated rings. The van der Waals surface area contributed by atoms with E-state index in [1.54, 1.807) is 6.92 Å². The Morgan fingerprint density at radius 1 is 1.53 bits per heavy atom. The van der Waals surface area contributed by atoms with Gasteiger partial charge in [0.1, 0.15) is 5.71 Å². The van der Waals surface area contributed by atoms with Gasteiger partial charge in [0.25, 0.3) is 5.91 Å². The number of hydrogen-bond acceptors (Lipinski definition) is 4. The van der Waals surface area contributed by atoms with Crippen LogP contribution in [0.2, 0.25) is 0 Å². The molecular weight excluding hydrogens is 226 g/mol. The summed E-state index contributed by atoms with van der Waals surface area (Å²) in [7, 11) is 0. The van der Waals surface area contributed by atoms with Gasteiger partial charge in [0.2, 0.25) is 5.91 Å². The molecule has 0 aromatic carbocycles. The van der Waals surface area contributed by atoms with E-state index < -0.39 is 17.8 Å². The molecule has 2 amide bonds. The molecule has 1 aliphatic rings. The van der Waals surface area contributed by atoms with Gasteiger partial charge in [-0.2, -0.15) is 5.10 Å². The van der Waals surface area contributed by atoms with Gasteiger partial charge >= 0.3 is 5.97 Å². The first-order valence-corrected chi connectivity index (χ1v) is 5.41. The highest BCUT2D eigenvalue weighted by Crippen LogP contribution is 2.02. The monoisotopic (exact) mass is 241 g/mol. The summed E-state index contributed by atoms with van der Waals surface area (Å²) >= 11 is 0. The molecule has 1 unspecified atom stereocenters. The second-order valence-electron chi connectivity index (χ2n) is 3.75. The van der Waals surface area contributed by atoms with Crippen LogP contribution < -0.4 is 10.7 Å². The predicted octanol–water partition coefficient (Wildman–Crippen LogP) is -0.521. The average Bonchev–Trinajstić information content (AvgIpc) is 2.30. The van der Waals surface area contributed by atoms with E-state index in [1.165, 1.54) is 0 Å². The molecule has 0 spiro atoms. The largest absolute Gasteiger partial charge is 0.481 e. The Kier molecular flexibility index (Phi) is 4.62. The third-order valence-electron chi connectivity index (χ3n) is 2.52. The maximum absolute atomic E-state index is 11.6. The third kappa shape index (κ3) is 3.86. The smallest absolute Gasteiger partial charge is 0.308 e. The average molecular weight is 241 g/mol. The van der Waals surface area contributed by atoms with E-state index >= 15 is 0 Å². The molecule has 0 bridgehead atoms. The first kappa shape index (κ1) is 13.1. The fourth-order valence-electron chi connectivity index (χ4n) is 1.36. The number of nitrogens with zero attached hydrogens (tertiary/aromatic N) is 1. The van der Waals surface area contributed by atoms with Crippen LogP contribution >= 0.6 is 0 Å². The van der Waals surface area contributed by atoms with Crippen LogP contribution in [0.15, 0.2) is 5.10 Å². The third-order valence-corrected chi connectivity index (χ3v) is 2.52. The van der Waals surface area contributed by atoms with E-state index in [0.29, 0.717) is 6.42 Å². The number of carbonyl (C=O) groups excluding carboxylic acids is 2. The first-order valence-electron chi connectivity index (χ1n) is 5.41. The van der Waals surface area contributed by atoms with Crippen molar-refractivity contribution in [2.45, 2.75) is 26.2 Å². The van der Waals surface area contributed by atoms with E-state index in [9.17, 15) is 14.4 Å². The van der Waals surface area contributed by atoms with Crippen molar-refractivity contribution in [1.82, 2.24) is 10.7 Å². The number of hydrogen-bond donors (Lipinski definition) is 3. The van der Waals surface area contributed by atoms with Gasteiger partial charge in [0.15, 0.2) is 0 Å². The molecule has 17 heavy (non-hydrogen) atoms. The van der Waals surface area contributed by atoms with Crippen LogP contribution in [0.5, 0.6) is 0 Å². The normalized spacial score (nSPS) is 16.8. The lowest BCUT2D eigenvalue weighted by molar-refractivity contribution is -0.141. The van der Waals surface area contributed by atoms with Crippen LogP contribution in [-0.4, -0.2) is 35.1 Å². The topological polar surface area (TPSA) is 108 Å². The summed E-state index contributed by atoms with van der Waals surface area (Å²) in [5, 5.41) is 14.9. The van der Waals surface area contributed by atoms with Gasteiger partial charge in [-0.25, -0.2) is 5.43 Å². The molecule has 0 aromatic rings. The van der Waals surface area contributed by atoms with Gasteiger partial charge < -0.3 is 10.4 Å². The second-order valence-corrected chi connectivity index (χ2v) is 3.75. The van der Waals surface area contributed by atoms with Crippen LogP contribution in [0.25, 0.3) is 0 Å². The fraction of sp³-hybridized carbons (Fsp3) is 0.600. The number of carbonyl (C=O) groups is 3. The van der Waals surface area contributed by atoms with E-state index in [2.05, 4.69) is 15.8 Å². The van der Waals surface area contributed by atoms with Crippen molar-refractivity contribution in [2.75, 3.05) is 6.54 Å². The molecule has 1 rings (SSSR count). The van der Waals surface area contributed by atoms with Crippen molar-refractivity contribution in [3.63, 3.8) is 0 Å². The maximum atomic E-state index is 11.6. The highest BCUT2D eigenvalue weighted by Gasteiger charge is 2.20. The number of aliphatic carboxylic acids is 1. The maximum Gasteiger partial charge on any atom is 0.308 e. The number of hydrazone groups is 1. The van der Waals surface area contributed by atoms with Gasteiger partial charge in [-0.05, 0) is 6.42 Å². The molecule has 1 aliphatic heterocycles. The van der Waals surface area contributed by atoms with E-state index in [0.717, 1.165) is 0 Å². The number of rotatable bonds is 5. The molecule has 3 N–H and O–H groups in total. The standard InChI is InChI=1S/C10H15N3O4/c1-2-6(10(16)17)5-11-9(15)7-3-4-8(14)13-12-7/h6H,2-5H2,1H3,(H,11,15)(H,13,14)(H,16,17). The first-order chi connectivity index (χ1) is 8.04. The Labute approximate surface area is 98.3 Å². The highest BCUT2D eigenvalue weighted by atomic mass is 16.4. The zero-order valence-electron chi connectivity index (χ0n) is 9.52. The molecule has 0 aliphatic carbocycles. The number of carboxylic acid groups (broad SMARTS) is 1. The number of carboxylic acids is 1. The van der Waals surface area contributed by atoms with Gasteiger partial charge in [-0.1, -0.05) is 6.92 Å². The van der Waals surface area contributed by atoms with Gasteiger partial charge in [0.05, 0.1) is 5.92 Å². The summed E-state index contributed by atoms with van der Waals surface area (Å²) in [4.78, 5) is 33.1. The van der Waals surface area contributed by atoms with Crippen molar-refractivity contribution in [2.24, 2.45) is 11.0 Å². The van der Waals surface area contributed by atoms with Crippen molar-refractivity contribution in [1.29, 1.82) is 0 Å². The molecule has 0 saturated heterocycles. The summed E-state index contributed by atoms with van der Waals surface area (Å²) in [6.45, 7) is 1.81. The molecule has 0 aromatic heterocycles. The minimum Gasteiger partial charge on any atom is -0.481 e. The molecule has 0 saturated carbocycles. The summed E-state index contributed by atoms with van der Waals surface area (Å²) < 4.78 is 0. The molecular formula is C10H15N3O4. The Hall–Kier alpha value is -1.92. The Morgan fingerprint density at radius 3 is 2.71 bits per heavy atom. The van der Waals surface area contributed by atoms with Crippen molar-refractivity contribution < 1.29 is 19.5 Å². The minimum atomic E-state index is -0.938. The molecule has 7 nitrogen and oxygen atoms in total. The molecule has 0 radical (unpaired) electrons. The highest BCUT2D eigenvalue weighted by molar-refractivity contribution is 6.39. The van der Waals surface area contributed by atoms with Crippen LogP contribution in [0.3, 0.4) is 0 Å². The SMILES string of the molecule is CCC(CNC(=O)C1=NNC(=O)CC1)C(=O)O. The Balaban J connectivity index is 2.44. The minimum absolute atomic E-state index is 0.0671. The van der Waals surface area contributed by atoms with E-state index in [-0.39, 0.29) is 31.0 Å². The van der Waals surface area contributed by atoms with Gasteiger partial charge in [0, 0.05) is 19.4 Å². The Morgan fingerprint density at radius 2 is 2.24 bits per heavy atom. The molecule has 1 heterocycles. The van der Waals surface area contributed by atoms with Crippen LogP contribution in [0.1, 0.15) is 26.2 Å². The molecule has 7 heteroatoms. The Bertz CT molecular complexity index is 365. The zero-order valence-corrected chi connectivity index (χ0v) is 9.52. The second kappa shape index (κ2) is 5.97. The van der Waals surface area contributed by atoms with E-state index in [1.807, 2.05) is 0 Å². The zero-order chi connectivity index (χ0) is 12.8. The summed E-state index contributed by atoms with van der Waals surface area (Å²) in [5.41, 5.74) is 2.44. The van der Waals surface area contributed by atoms with Crippen molar-refractivity contribution in [3.05, 3.63) is 0 Å². The summed E-state index contributed by atoms with van der Waals surface area (Å²) in [6, 6.07) is 0. The van der Waals surface area contributed by atoms with Gasteiger partial charge in [-0.3, -0.25) is 14.4 Å².